The van der Waals surface area contributed by atoms with Crippen LogP contribution in [-0.4, -0.2) is 40.9 Å². The highest BCUT2D eigenvalue weighted by Gasteiger charge is 2.23. The van der Waals surface area contributed by atoms with Crippen LogP contribution < -0.4 is 10.6 Å². The van der Waals surface area contributed by atoms with Crippen molar-refractivity contribution in [1.29, 1.82) is 0 Å². The first-order valence-corrected chi connectivity index (χ1v) is 7.66. The molecule has 0 aliphatic heterocycles. The molecule has 0 aromatic carbocycles. The average molecular weight is 298 g/mol. The number of aliphatic hydroxyl groups is 1. The van der Waals surface area contributed by atoms with Gasteiger partial charge in [-0.1, -0.05) is 26.7 Å². The Hall–Kier alpha value is -1.56. The molecule has 122 valence electrons. The van der Waals surface area contributed by atoms with Gasteiger partial charge in [0.15, 0.2) is 0 Å². The summed E-state index contributed by atoms with van der Waals surface area (Å²) in [6.07, 6.45) is 5.74. The maximum Gasteiger partial charge on any atom is 0.207 e. The number of unbranched alkanes of at least 4 members (excludes halogenated alkanes) is 1. The van der Waals surface area contributed by atoms with Gasteiger partial charge in [-0.2, -0.15) is 5.10 Å². The van der Waals surface area contributed by atoms with Crippen molar-refractivity contribution in [3.8, 4) is 0 Å². The monoisotopic (exact) mass is 298 g/mol. The van der Waals surface area contributed by atoms with Crippen LogP contribution in [0.2, 0.25) is 0 Å². The van der Waals surface area contributed by atoms with Crippen molar-refractivity contribution in [2.75, 3.05) is 12.4 Å². The van der Waals surface area contributed by atoms with E-state index in [-0.39, 0.29) is 12.1 Å². The van der Waals surface area contributed by atoms with Crippen LogP contribution in [0, 0.1) is 6.92 Å². The maximum atomic E-state index is 9.88. The molecule has 6 heteroatoms. The molecule has 1 saturated carbocycles. The number of nitrogens with zero attached hydrogens (tertiary/aromatic N) is 1. The van der Waals surface area contributed by atoms with Gasteiger partial charge in [0.2, 0.25) is 6.41 Å². The normalized spacial score (nSPS) is 19.7. The first kappa shape index (κ1) is 19.4. The molecule has 4 N–H and O–H groups in total. The number of hydrogen-bond donors (Lipinski definition) is 4. The molecule has 1 aliphatic rings. The van der Waals surface area contributed by atoms with Crippen LogP contribution in [0.25, 0.3) is 0 Å². The van der Waals surface area contributed by atoms with Gasteiger partial charge in [0.05, 0.1) is 12.1 Å². The summed E-state index contributed by atoms with van der Waals surface area (Å²) in [7, 11) is 1.84. The highest BCUT2D eigenvalue weighted by molar-refractivity contribution is 5.46. The summed E-state index contributed by atoms with van der Waals surface area (Å²) in [6, 6.07) is 1.96. The third-order valence-electron chi connectivity index (χ3n) is 3.22. The van der Waals surface area contributed by atoms with Crippen molar-refractivity contribution >= 4 is 12.2 Å². The fourth-order valence-corrected chi connectivity index (χ4v) is 1.77. The largest absolute Gasteiger partial charge is 0.391 e. The fraction of sp³-hybridized carbons (Fsp3) is 0.733. The topological polar surface area (TPSA) is 90.0 Å². The Morgan fingerprint density at radius 2 is 2.10 bits per heavy atom. The molecule has 6 nitrogen and oxygen atoms in total. The molecule has 0 bridgehead atoms. The van der Waals surface area contributed by atoms with E-state index >= 15 is 0 Å². The summed E-state index contributed by atoms with van der Waals surface area (Å²) in [5.74, 6) is 0.891. The van der Waals surface area contributed by atoms with Gasteiger partial charge in [0.25, 0.3) is 0 Å². The molecule has 1 heterocycles. The zero-order valence-electron chi connectivity index (χ0n) is 13.6. The highest BCUT2D eigenvalue weighted by Crippen LogP contribution is 2.17. The molecule has 1 aromatic heterocycles. The number of amides is 1. The van der Waals surface area contributed by atoms with Gasteiger partial charge in [-0.3, -0.25) is 9.89 Å². The van der Waals surface area contributed by atoms with Crippen LogP contribution in [-0.2, 0) is 4.79 Å². The molecule has 2 rings (SSSR count). The number of carbonyl (C=O) groups excluding carboxylic acids is 1. The number of aromatic amines is 1. The second-order valence-corrected chi connectivity index (χ2v) is 5.08. The van der Waals surface area contributed by atoms with E-state index < -0.39 is 0 Å². The van der Waals surface area contributed by atoms with E-state index in [0.29, 0.717) is 6.41 Å². The molecule has 2 atom stereocenters. The number of carbonyl (C=O) groups is 1. The lowest BCUT2D eigenvalue weighted by atomic mass is 10.2. The van der Waals surface area contributed by atoms with E-state index in [9.17, 15) is 4.79 Å². The van der Waals surface area contributed by atoms with Crippen LogP contribution in [0.15, 0.2) is 6.07 Å². The van der Waals surface area contributed by atoms with E-state index in [4.69, 9.17) is 5.11 Å². The van der Waals surface area contributed by atoms with Gasteiger partial charge in [-0.05, 0) is 26.2 Å². The Morgan fingerprint density at radius 1 is 1.43 bits per heavy atom. The smallest absolute Gasteiger partial charge is 0.207 e. The number of nitrogens with one attached hydrogen (secondary N) is 3. The summed E-state index contributed by atoms with van der Waals surface area (Å²) in [5, 5.41) is 21.3. The number of aliphatic hydroxyl groups excluding tert-OH is 1. The van der Waals surface area contributed by atoms with Gasteiger partial charge in [-0.25, -0.2) is 0 Å². The van der Waals surface area contributed by atoms with Crippen molar-refractivity contribution in [2.45, 2.75) is 65.0 Å². The second-order valence-electron chi connectivity index (χ2n) is 5.08. The molecule has 1 aromatic rings. The molecular weight excluding hydrogens is 268 g/mol. The van der Waals surface area contributed by atoms with Crippen molar-refractivity contribution < 1.29 is 9.90 Å². The molecule has 1 aliphatic carbocycles. The number of rotatable bonds is 4. The minimum Gasteiger partial charge on any atom is -0.391 e. The minimum absolute atomic E-state index is 0.0162. The Kier molecular flexibility index (Phi) is 11.3. The van der Waals surface area contributed by atoms with Gasteiger partial charge >= 0.3 is 0 Å². The standard InChI is InChI=1S/C6H11NO2.C5H9N3.C4H10/c8-4-7-5-2-1-3-6(5)9;1-4-3-5(6-2)8-7-4;1-3-4-2/h4-6,9H,1-3H2,(H,7,8);3H,1-2H3,(H2,6,7,8);3-4H2,1-2H3. The number of anilines is 1. The molecule has 0 radical (unpaired) electrons. The van der Waals surface area contributed by atoms with Gasteiger partial charge in [0.1, 0.15) is 5.82 Å². The highest BCUT2D eigenvalue weighted by atomic mass is 16.3. The van der Waals surface area contributed by atoms with Crippen molar-refractivity contribution in [2.24, 2.45) is 0 Å². The predicted molar refractivity (Wildman–Crippen MR) is 86.3 cm³/mol. The van der Waals surface area contributed by atoms with E-state index in [1.54, 1.807) is 0 Å². The molecular formula is C15H30N4O2. The Bertz CT molecular complexity index is 366. The molecule has 1 amide bonds. The Labute approximate surface area is 127 Å². The van der Waals surface area contributed by atoms with Gasteiger partial charge in [-0.15, -0.1) is 0 Å². The van der Waals surface area contributed by atoms with E-state index in [0.717, 1.165) is 30.8 Å². The zero-order chi connectivity index (χ0) is 16.1. The van der Waals surface area contributed by atoms with Gasteiger partial charge in [0, 0.05) is 18.8 Å². The van der Waals surface area contributed by atoms with Crippen LogP contribution in [0.5, 0.6) is 0 Å². The summed E-state index contributed by atoms with van der Waals surface area (Å²) >= 11 is 0. The number of aryl methyl sites for hydroxylation is 1. The minimum atomic E-state index is -0.310. The van der Waals surface area contributed by atoms with E-state index in [1.165, 1.54) is 12.8 Å². The van der Waals surface area contributed by atoms with Crippen molar-refractivity contribution in [3.05, 3.63) is 11.8 Å². The number of H-pyrrole nitrogens is 1. The SMILES string of the molecule is CCCC.CNc1cc(C)[nH]n1.O=CNC1CCCC1O. The average Bonchev–Trinajstić information content (AvgIpc) is 3.09. The summed E-state index contributed by atoms with van der Waals surface area (Å²) in [4.78, 5) is 9.88. The summed E-state index contributed by atoms with van der Waals surface area (Å²) < 4.78 is 0. The van der Waals surface area contributed by atoms with Crippen molar-refractivity contribution in [3.63, 3.8) is 0 Å². The van der Waals surface area contributed by atoms with E-state index in [2.05, 4.69) is 34.7 Å². The first-order chi connectivity index (χ1) is 10.1. The lowest BCUT2D eigenvalue weighted by Gasteiger charge is -2.11. The lowest BCUT2D eigenvalue weighted by Crippen LogP contribution is -2.34. The second kappa shape index (κ2) is 12.2. The quantitative estimate of drug-likeness (QED) is 0.642. The van der Waals surface area contributed by atoms with Crippen molar-refractivity contribution in [1.82, 2.24) is 15.5 Å². The Balaban J connectivity index is 0.000000308. The molecule has 0 saturated heterocycles. The van der Waals surface area contributed by atoms with Gasteiger partial charge < -0.3 is 15.7 Å². The van der Waals surface area contributed by atoms with E-state index in [1.807, 2.05) is 20.0 Å². The van der Waals surface area contributed by atoms with Crippen LogP contribution >= 0.6 is 0 Å². The Morgan fingerprint density at radius 3 is 2.38 bits per heavy atom. The molecule has 0 spiro atoms. The number of aromatic nitrogens is 2. The summed E-state index contributed by atoms with van der Waals surface area (Å²) in [5.41, 5.74) is 1.08. The molecule has 1 fully saturated rings. The molecule has 2 unspecified atom stereocenters. The predicted octanol–water partition coefficient (Wildman–Crippen LogP) is 2.21. The fourth-order valence-electron chi connectivity index (χ4n) is 1.77. The number of hydrogen-bond acceptors (Lipinski definition) is 4. The van der Waals surface area contributed by atoms with Crippen LogP contribution in [0.4, 0.5) is 5.82 Å². The van der Waals surface area contributed by atoms with Crippen LogP contribution in [0.3, 0.4) is 0 Å². The zero-order valence-corrected chi connectivity index (χ0v) is 13.6. The maximum absolute atomic E-state index is 9.88. The first-order valence-electron chi connectivity index (χ1n) is 7.66. The summed E-state index contributed by atoms with van der Waals surface area (Å²) in [6.45, 7) is 6.33. The molecule has 21 heavy (non-hydrogen) atoms. The van der Waals surface area contributed by atoms with Crippen LogP contribution in [0.1, 0.15) is 51.6 Å². The third kappa shape index (κ3) is 9.07. The lowest BCUT2D eigenvalue weighted by molar-refractivity contribution is -0.110. The third-order valence-corrected chi connectivity index (χ3v) is 3.22.